The van der Waals surface area contributed by atoms with Crippen LogP contribution in [0, 0.1) is 17.0 Å². The van der Waals surface area contributed by atoms with Crippen molar-refractivity contribution >= 4 is 15.7 Å². The quantitative estimate of drug-likeness (QED) is 0.403. The minimum absolute atomic E-state index is 0.0615. The summed E-state index contributed by atoms with van der Waals surface area (Å²) in [6.45, 7) is 4.89. The lowest BCUT2D eigenvalue weighted by molar-refractivity contribution is -0.385. The van der Waals surface area contributed by atoms with E-state index in [4.69, 9.17) is 4.74 Å². The molecule has 1 rings (SSSR count). The molecular formula is C14H22N2O5S. The minimum atomic E-state index is -3.75. The summed E-state index contributed by atoms with van der Waals surface area (Å²) in [6, 6.07) is 4.02. The van der Waals surface area contributed by atoms with Crippen LogP contribution >= 0.6 is 0 Å². The summed E-state index contributed by atoms with van der Waals surface area (Å²) < 4.78 is 32.2. The predicted molar refractivity (Wildman–Crippen MR) is 83.4 cm³/mol. The molecule has 0 saturated carbocycles. The Labute approximate surface area is 130 Å². The van der Waals surface area contributed by atoms with Crippen LogP contribution in [0.2, 0.25) is 0 Å². The lowest BCUT2D eigenvalue weighted by Gasteiger charge is -2.09. The molecule has 0 amide bonds. The van der Waals surface area contributed by atoms with Crippen molar-refractivity contribution in [2.75, 3.05) is 19.8 Å². The monoisotopic (exact) mass is 330 g/mol. The highest BCUT2D eigenvalue weighted by Crippen LogP contribution is 2.24. The third kappa shape index (κ3) is 5.36. The van der Waals surface area contributed by atoms with Gasteiger partial charge in [0.25, 0.3) is 5.69 Å². The normalized spacial score (nSPS) is 11.5. The Morgan fingerprint density at radius 1 is 1.27 bits per heavy atom. The molecule has 0 heterocycles. The van der Waals surface area contributed by atoms with Crippen molar-refractivity contribution in [1.29, 1.82) is 0 Å². The fraction of sp³-hybridized carbons (Fsp3) is 0.571. The van der Waals surface area contributed by atoms with Gasteiger partial charge >= 0.3 is 0 Å². The van der Waals surface area contributed by atoms with E-state index in [2.05, 4.69) is 11.6 Å². The number of hydrogen-bond donors (Lipinski definition) is 1. The van der Waals surface area contributed by atoms with Gasteiger partial charge in [-0.05, 0) is 25.8 Å². The number of hydrogen-bond acceptors (Lipinski definition) is 5. The van der Waals surface area contributed by atoms with Crippen LogP contribution in [0.1, 0.15) is 31.7 Å². The number of sulfonamides is 1. The number of benzene rings is 1. The van der Waals surface area contributed by atoms with E-state index in [0.717, 1.165) is 12.8 Å². The molecule has 8 heteroatoms. The van der Waals surface area contributed by atoms with Crippen molar-refractivity contribution < 1.29 is 18.1 Å². The van der Waals surface area contributed by atoms with Crippen LogP contribution in [0.3, 0.4) is 0 Å². The molecule has 0 radical (unpaired) electrons. The Balaban J connectivity index is 2.60. The molecule has 0 aliphatic carbocycles. The second-order valence-corrected chi connectivity index (χ2v) is 6.61. The van der Waals surface area contributed by atoms with Crippen molar-refractivity contribution in [1.82, 2.24) is 4.72 Å². The van der Waals surface area contributed by atoms with Gasteiger partial charge in [0.2, 0.25) is 10.0 Å². The number of nitro groups is 1. The van der Waals surface area contributed by atoms with Gasteiger partial charge in [0, 0.05) is 31.4 Å². The van der Waals surface area contributed by atoms with E-state index < -0.39 is 14.9 Å². The van der Waals surface area contributed by atoms with Crippen LogP contribution in [0.25, 0.3) is 0 Å². The van der Waals surface area contributed by atoms with E-state index in [9.17, 15) is 18.5 Å². The highest BCUT2D eigenvalue weighted by Gasteiger charge is 2.22. The second-order valence-electron chi connectivity index (χ2n) is 4.87. The van der Waals surface area contributed by atoms with E-state index in [-0.39, 0.29) is 22.7 Å². The van der Waals surface area contributed by atoms with Crippen LogP contribution in [0.5, 0.6) is 0 Å². The number of nitrogens with zero attached hydrogens (tertiary/aromatic N) is 1. The molecule has 1 aromatic carbocycles. The summed E-state index contributed by atoms with van der Waals surface area (Å²) >= 11 is 0. The molecule has 0 bridgehead atoms. The molecule has 0 aliphatic heterocycles. The molecule has 1 N–H and O–H groups in total. The van der Waals surface area contributed by atoms with Crippen LogP contribution in [0.15, 0.2) is 23.1 Å². The summed E-state index contributed by atoms with van der Waals surface area (Å²) in [5.41, 5.74) is -0.0648. The predicted octanol–water partition coefficient (Wildman–Crippen LogP) is 2.39. The maximum Gasteiger partial charge on any atom is 0.273 e. The SMILES string of the molecule is CCCCOCCCNS(=O)(=O)c1cccc([N+](=O)[O-])c1C. The largest absolute Gasteiger partial charge is 0.381 e. The Hall–Kier alpha value is -1.51. The average Bonchev–Trinajstić information content (AvgIpc) is 2.46. The van der Waals surface area contributed by atoms with E-state index in [0.29, 0.717) is 19.6 Å². The average molecular weight is 330 g/mol. The van der Waals surface area contributed by atoms with Gasteiger partial charge in [0.1, 0.15) is 0 Å². The molecule has 0 saturated heterocycles. The van der Waals surface area contributed by atoms with Gasteiger partial charge in [0.05, 0.1) is 9.82 Å². The Kier molecular flexibility index (Phi) is 7.43. The number of nitrogens with one attached hydrogen (secondary N) is 1. The van der Waals surface area contributed by atoms with Gasteiger partial charge < -0.3 is 4.74 Å². The molecule has 0 aliphatic rings. The zero-order chi connectivity index (χ0) is 16.6. The zero-order valence-corrected chi connectivity index (χ0v) is 13.7. The standard InChI is InChI=1S/C14H22N2O5S/c1-3-4-10-21-11-6-9-15-22(19,20)14-8-5-7-13(12(14)2)16(17)18/h5,7-8,15H,3-4,6,9-11H2,1-2H3. The number of nitro benzene ring substituents is 1. The molecule has 0 atom stereocenters. The first-order valence-corrected chi connectivity index (χ1v) is 8.70. The first-order chi connectivity index (χ1) is 10.4. The maximum atomic E-state index is 12.2. The molecule has 0 spiro atoms. The topological polar surface area (TPSA) is 98.5 Å². The first kappa shape index (κ1) is 18.5. The summed E-state index contributed by atoms with van der Waals surface area (Å²) in [5.74, 6) is 0. The summed E-state index contributed by atoms with van der Waals surface area (Å²) in [5, 5.41) is 10.9. The van der Waals surface area contributed by atoms with Gasteiger partial charge in [-0.25, -0.2) is 13.1 Å². The van der Waals surface area contributed by atoms with E-state index in [1.807, 2.05) is 0 Å². The lowest BCUT2D eigenvalue weighted by Crippen LogP contribution is -2.26. The third-order valence-corrected chi connectivity index (χ3v) is 4.75. The molecule has 0 fully saturated rings. The molecular weight excluding hydrogens is 308 g/mol. The lowest BCUT2D eigenvalue weighted by atomic mass is 10.2. The van der Waals surface area contributed by atoms with Gasteiger partial charge in [0.15, 0.2) is 0 Å². The van der Waals surface area contributed by atoms with E-state index in [1.54, 1.807) is 0 Å². The number of unbranched alkanes of at least 4 members (excludes halogenated alkanes) is 1. The van der Waals surface area contributed by atoms with Crippen LogP contribution < -0.4 is 4.72 Å². The number of ether oxygens (including phenoxy) is 1. The van der Waals surface area contributed by atoms with Crippen LogP contribution in [-0.4, -0.2) is 33.1 Å². The fourth-order valence-corrected chi connectivity index (χ4v) is 3.23. The van der Waals surface area contributed by atoms with Gasteiger partial charge in [-0.3, -0.25) is 10.1 Å². The molecule has 0 aromatic heterocycles. The first-order valence-electron chi connectivity index (χ1n) is 7.21. The van der Waals surface area contributed by atoms with Crippen molar-refractivity contribution in [3.05, 3.63) is 33.9 Å². The van der Waals surface area contributed by atoms with E-state index >= 15 is 0 Å². The second kappa shape index (κ2) is 8.82. The smallest absolute Gasteiger partial charge is 0.273 e. The van der Waals surface area contributed by atoms with Gasteiger partial charge in [-0.1, -0.05) is 19.4 Å². The van der Waals surface area contributed by atoms with E-state index in [1.165, 1.54) is 25.1 Å². The Bertz CT molecular complexity index is 601. The van der Waals surface area contributed by atoms with Gasteiger partial charge in [-0.15, -0.1) is 0 Å². The Morgan fingerprint density at radius 3 is 2.59 bits per heavy atom. The molecule has 1 aromatic rings. The van der Waals surface area contributed by atoms with Crippen LogP contribution in [-0.2, 0) is 14.8 Å². The molecule has 22 heavy (non-hydrogen) atoms. The third-order valence-electron chi connectivity index (χ3n) is 3.14. The fourth-order valence-electron chi connectivity index (χ4n) is 1.90. The van der Waals surface area contributed by atoms with Crippen molar-refractivity contribution in [3.8, 4) is 0 Å². The maximum absolute atomic E-state index is 12.2. The number of rotatable bonds is 10. The summed E-state index contributed by atoms with van der Waals surface area (Å²) in [6.07, 6.45) is 2.59. The van der Waals surface area contributed by atoms with Crippen LogP contribution in [0.4, 0.5) is 5.69 Å². The molecule has 7 nitrogen and oxygen atoms in total. The highest BCUT2D eigenvalue weighted by molar-refractivity contribution is 7.89. The summed E-state index contributed by atoms with van der Waals surface area (Å²) in [4.78, 5) is 10.2. The molecule has 124 valence electrons. The van der Waals surface area contributed by atoms with Crippen molar-refractivity contribution in [2.45, 2.75) is 38.0 Å². The minimum Gasteiger partial charge on any atom is -0.381 e. The van der Waals surface area contributed by atoms with Crippen molar-refractivity contribution in [3.63, 3.8) is 0 Å². The molecule has 0 unspecified atom stereocenters. The Morgan fingerprint density at radius 2 is 1.95 bits per heavy atom. The van der Waals surface area contributed by atoms with Gasteiger partial charge in [-0.2, -0.15) is 0 Å². The summed E-state index contributed by atoms with van der Waals surface area (Å²) in [7, 11) is -3.75. The zero-order valence-electron chi connectivity index (χ0n) is 12.9. The van der Waals surface area contributed by atoms with Crippen molar-refractivity contribution in [2.24, 2.45) is 0 Å². The highest BCUT2D eigenvalue weighted by atomic mass is 32.2.